The number of nitrogens with one attached hydrogen (secondary N) is 1. The Morgan fingerprint density at radius 1 is 1.12 bits per heavy atom. The van der Waals surface area contributed by atoms with E-state index in [-0.39, 0.29) is 29.4 Å². The zero-order valence-electron chi connectivity index (χ0n) is 15.5. The Morgan fingerprint density at radius 2 is 1.85 bits per heavy atom. The monoisotopic (exact) mass is 465 g/mol. The molecule has 1 aliphatic rings. The third-order valence-corrected chi connectivity index (χ3v) is 5.01. The summed E-state index contributed by atoms with van der Waals surface area (Å²) < 4.78 is 5.61. The number of benzene rings is 2. The molecule has 140 valence electrons. The van der Waals surface area contributed by atoms with Crippen LogP contribution in [0.5, 0.6) is 0 Å². The van der Waals surface area contributed by atoms with Crippen molar-refractivity contribution in [2.75, 3.05) is 25.1 Å². The van der Waals surface area contributed by atoms with Crippen LogP contribution in [0, 0.1) is 13.8 Å². The summed E-state index contributed by atoms with van der Waals surface area (Å²) in [5, 5.41) is 3.20. The number of aryl methyl sites for hydroxylation is 2. The fourth-order valence-electron chi connectivity index (χ4n) is 3.59. The minimum Gasteiger partial charge on any atom is -0.381 e. The number of rotatable bonds is 4. The van der Waals surface area contributed by atoms with Gasteiger partial charge in [0, 0.05) is 24.3 Å². The molecule has 0 radical (unpaired) electrons. The van der Waals surface area contributed by atoms with Crippen molar-refractivity contribution in [1.29, 1.82) is 0 Å². The maximum absolute atomic E-state index is 6.16. The molecule has 0 spiro atoms. The first kappa shape index (κ1) is 20.7. The Labute approximate surface area is 173 Å². The number of hydrogen-bond donors (Lipinski definition) is 2. The van der Waals surface area contributed by atoms with Gasteiger partial charge in [0.15, 0.2) is 5.96 Å². The van der Waals surface area contributed by atoms with Gasteiger partial charge in [-0.3, -0.25) is 4.99 Å². The lowest BCUT2D eigenvalue weighted by Gasteiger charge is -2.37. The molecule has 26 heavy (non-hydrogen) atoms. The lowest BCUT2D eigenvalue weighted by atomic mass is 9.72. The van der Waals surface area contributed by atoms with Gasteiger partial charge in [-0.2, -0.15) is 0 Å². The van der Waals surface area contributed by atoms with Crippen molar-refractivity contribution >= 4 is 35.6 Å². The van der Waals surface area contributed by atoms with E-state index in [4.69, 9.17) is 15.5 Å². The van der Waals surface area contributed by atoms with Crippen LogP contribution in [0.4, 0.5) is 5.69 Å². The Morgan fingerprint density at radius 3 is 2.54 bits per heavy atom. The number of aliphatic imine (C=N–C) groups is 1. The quantitative estimate of drug-likeness (QED) is 0.400. The second kappa shape index (κ2) is 9.37. The van der Waals surface area contributed by atoms with Gasteiger partial charge in [0.1, 0.15) is 0 Å². The first-order valence-corrected chi connectivity index (χ1v) is 8.87. The van der Waals surface area contributed by atoms with Crippen LogP contribution in [0.15, 0.2) is 53.5 Å². The molecule has 1 saturated heterocycles. The van der Waals surface area contributed by atoms with E-state index in [2.05, 4.69) is 55.6 Å². The van der Waals surface area contributed by atoms with Gasteiger partial charge in [0.2, 0.25) is 0 Å². The van der Waals surface area contributed by atoms with E-state index in [9.17, 15) is 0 Å². The first-order chi connectivity index (χ1) is 12.1. The molecule has 0 bridgehead atoms. The van der Waals surface area contributed by atoms with Gasteiger partial charge in [-0.15, -0.1) is 24.0 Å². The van der Waals surface area contributed by atoms with Crippen molar-refractivity contribution in [2.24, 2.45) is 10.7 Å². The van der Waals surface area contributed by atoms with Crippen molar-refractivity contribution in [3.63, 3.8) is 0 Å². The van der Waals surface area contributed by atoms with Gasteiger partial charge in [0.05, 0.1) is 6.54 Å². The maximum Gasteiger partial charge on any atom is 0.193 e. The standard InChI is InChI=1S/C21H27N3O.HI/c1-16-6-5-8-18(14-16)24-20(22)23-15-21(10-12-25-13-11-21)19-9-4-3-7-17(19)2;/h3-9,14H,10-13,15H2,1-2H3,(H3,22,23,24);1H. The summed E-state index contributed by atoms with van der Waals surface area (Å²) >= 11 is 0. The van der Waals surface area contributed by atoms with Crippen LogP contribution >= 0.6 is 24.0 Å². The lowest BCUT2D eigenvalue weighted by molar-refractivity contribution is 0.0529. The molecule has 0 saturated carbocycles. The van der Waals surface area contributed by atoms with E-state index >= 15 is 0 Å². The zero-order chi connectivity index (χ0) is 17.7. The molecule has 0 aromatic heterocycles. The number of hydrogen-bond acceptors (Lipinski definition) is 2. The number of anilines is 1. The molecule has 1 aliphatic heterocycles. The molecule has 0 unspecified atom stereocenters. The van der Waals surface area contributed by atoms with Gasteiger partial charge < -0.3 is 15.8 Å². The second-order valence-electron chi connectivity index (χ2n) is 6.90. The van der Waals surface area contributed by atoms with Crippen molar-refractivity contribution in [3.05, 3.63) is 65.2 Å². The summed E-state index contributed by atoms with van der Waals surface area (Å²) in [4.78, 5) is 4.69. The SMILES string of the molecule is Cc1cccc(NC(N)=NCC2(c3ccccc3C)CCOCC2)c1.I. The average Bonchev–Trinajstić information content (AvgIpc) is 2.61. The minimum atomic E-state index is 0. The third-order valence-electron chi connectivity index (χ3n) is 5.01. The van der Waals surface area contributed by atoms with Crippen LogP contribution in [0.1, 0.15) is 29.5 Å². The van der Waals surface area contributed by atoms with Crippen molar-refractivity contribution < 1.29 is 4.74 Å². The van der Waals surface area contributed by atoms with Crippen molar-refractivity contribution in [2.45, 2.75) is 32.1 Å². The van der Waals surface area contributed by atoms with Crippen molar-refractivity contribution in [3.8, 4) is 0 Å². The Balaban J connectivity index is 0.00000243. The zero-order valence-corrected chi connectivity index (χ0v) is 17.8. The highest BCUT2D eigenvalue weighted by Gasteiger charge is 2.35. The highest BCUT2D eigenvalue weighted by Crippen LogP contribution is 2.37. The highest BCUT2D eigenvalue weighted by molar-refractivity contribution is 14.0. The first-order valence-electron chi connectivity index (χ1n) is 8.87. The Kier molecular flexibility index (Phi) is 7.46. The van der Waals surface area contributed by atoms with E-state index in [0.717, 1.165) is 31.7 Å². The number of nitrogens with two attached hydrogens (primary N) is 1. The Bertz CT molecular complexity index is 754. The van der Waals surface area contributed by atoms with Gasteiger partial charge in [-0.05, 0) is 55.5 Å². The third kappa shape index (κ3) is 4.98. The number of ether oxygens (including phenoxy) is 1. The number of guanidine groups is 1. The molecule has 0 atom stereocenters. The molecule has 3 rings (SSSR count). The van der Waals surface area contributed by atoms with Crippen LogP contribution in [-0.4, -0.2) is 25.7 Å². The Hall–Kier alpha value is -1.60. The van der Waals surface area contributed by atoms with Gasteiger partial charge >= 0.3 is 0 Å². The highest BCUT2D eigenvalue weighted by atomic mass is 127. The predicted molar refractivity (Wildman–Crippen MR) is 120 cm³/mol. The number of halogens is 1. The van der Waals surface area contributed by atoms with Crippen LogP contribution in [0.3, 0.4) is 0 Å². The molecule has 0 amide bonds. The predicted octanol–water partition coefficient (Wildman–Crippen LogP) is 4.40. The summed E-state index contributed by atoms with van der Waals surface area (Å²) in [5.41, 5.74) is 11.0. The summed E-state index contributed by atoms with van der Waals surface area (Å²) in [6.07, 6.45) is 1.94. The van der Waals surface area contributed by atoms with Gasteiger partial charge in [-0.1, -0.05) is 36.4 Å². The van der Waals surface area contributed by atoms with Crippen LogP contribution in [0.2, 0.25) is 0 Å². The molecule has 2 aromatic rings. The smallest absolute Gasteiger partial charge is 0.193 e. The molecular formula is C21H28IN3O. The molecular weight excluding hydrogens is 437 g/mol. The summed E-state index contributed by atoms with van der Waals surface area (Å²) in [6, 6.07) is 16.7. The molecule has 5 heteroatoms. The van der Waals surface area contributed by atoms with Crippen LogP contribution in [0.25, 0.3) is 0 Å². The number of nitrogens with zero attached hydrogens (tertiary/aromatic N) is 1. The van der Waals surface area contributed by atoms with Crippen LogP contribution in [-0.2, 0) is 10.2 Å². The van der Waals surface area contributed by atoms with E-state index < -0.39 is 0 Å². The molecule has 1 fully saturated rings. The fourth-order valence-corrected chi connectivity index (χ4v) is 3.59. The molecule has 2 aromatic carbocycles. The fraction of sp³-hybridized carbons (Fsp3) is 0.381. The normalized spacial score (nSPS) is 16.6. The van der Waals surface area contributed by atoms with Crippen molar-refractivity contribution in [1.82, 2.24) is 0 Å². The largest absolute Gasteiger partial charge is 0.381 e. The average molecular weight is 465 g/mol. The molecule has 1 heterocycles. The summed E-state index contributed by atoms with van der Waals surface area (Å²) in [6.45, 7) is 6.45. The minimum absolute atomic E-state index is 0. The maximum atomic E-state index is 6.16. The van der Waals surface area contributed by atoms with Gasteiger partial charge in [0.25, 0.3) is 0 Å². The summed E-state index contributed by atoms with van der Waals surface area (Å²) in [5.74, 6) is 0.463. The van der Waals surface area contributed by atoms with Gasteiger partial charge in [-0.25, -0.2) is 0 Å². The summed E-state index contributed by atoms with van der Waals surface area (Å²) in [7, 11) is 0. The molecule has 0 aliphatic carbocycles. The molecule has 3 N–H and O–H groups in total. The van der Waals surface area contributed by atoms with E-state index in [0.29, 0.717) is 12.5 Å². The lowest BCUT2D eigenvalue weighted by Crippen LogP contribution is -2.38. The van der Waals surface area contributed by atoms with E-state index in [1.807, 2.05) is 12.1 Å². The molecule has 4 nitrogen and oxygen atoms in total. The topological polar surface area (TPSA) is 59.6 Å². The van der Waals surface area contributed by atoms with E-state index in [1.165, 1.54) is 16.7 Å². The van der Waals surface area contributed by atoms with Crippen LogP contribution < -0.4 is 11.1 Å². The van der Waals surface area contributed by atoms with E-state index in [1.54, 1.807) is 0 Å². The second-order valence-corrected chi connectivity index (χ2v) is 6.90.